The van der Waals surface area contributed by atoms with Crippen LogP contribution in [-0.2, 0) is 11.3 Å². The number of rotatable bonds is 2. The van der Waals surface area contributed by atoms with E-state index in [1.165, 1.54) is 17.0 Å². The Labute approximate surface area is 104 Å². The van der Waals surface area contributed by atoms with E-state index in [2.05, 4.69) is 0 Å². The van der Waals surface area contributed by atoms with Gasteiger partial charge < -0.3 is 15.5 Å². The van der Waals surface area contributed by atoms with E-state index in [0.29, 0.717) is 18.7 Å². The summed E-state index contributed by atoms with van der Waals surface area (Å²) < 4.78 is 27.7. The average molecular weight is 255 g/mol. The number of carbonyl (C=O) groups is 1. The van der Waals surface area contributed by atoms with Gasteiger partial charge in [-0.15, -0.1) is 0 Å². The standard InChI is InChI=1S/C12H15F2N3O/c1-16-2-3-17(7-11(16)18)12-9(13)4-8(6-15)5-10(12)14/h4-5H,2-3,6-7,15H2,1H3. The van der Waals surface area contributed by atoms with Crippen LogP contribution in [0, 0.1) is 11.6 Å². The molecule has 0 saturated carbocycles. The fourth-order valence-corrected chi connectivity index (χ4v) is 1.99. The first-order chi connectivity index (χ1) is 8.52. The Morgan fingerprint density at radius 3 is 2.39 bits per heavy atom. The molecule has 1 fully saturated rings. The molecular weight excluding hydrogens is 240 g/mol. The first-order valence-electron chi connectivity index (χ1n) is 5.70. The fourth-order valence-electron chi connectivity index (χ4n) is 1.99. The van der Waals surface area contributed by atoms with Crippen LogP contribution in [0.5, 0.6) is 0 Å². The Kier molecular flexibility index (Phi) is 3.47. The van der Waals surface area contributed by atoms with E-state index in [1.807, 2.05) is 0 Å². The second kappa shape index (κ2) is 4.89. The van der Waals surface area contributed by atoms with Crippen LogP contribution in [0.1, 0.15) is 5.56 Å². The summed E-state index contributed by atoms with van der Waals surface area (Å²) in [4.78, 5) is 14.5. The van der Waals surface area contributed by atoms with E-state index in [4.69, 9.17) is 5.73 Å². The van der Waals surface area contributed by atoms with Crippen molar-refractivity contribution < 1.29 is 13.6 Å². The second-order valence-corrected chi connectivity index (χ2v) is 4.35. The Balaban J connectivity index is 2.31. The van der Waals surface area contributed by atoms with E-state index in [0.717, 1.165) is 0 Å². The first kappa shape index (κ1) is 12.8. The minimum Gasteiger partial charge on any atom is -0.356 e. The summed E-state index contributed by atoms with van der Waals surface area (Å²) in [6, 6.07) is 2.42. The SMILES string of the molecule is CN1CCN(c2c(F)cc(CN)cc2F)CC1=O. The van der Waals surface area contributed by atoms with Crippen LogP contribution in [0.4, 0.5) is 14.5 Å². The van der Waals surface area contributed by atoms with Crippen molar-refractivity contribution in [2.75, 3.05) is 31.6 Å². The number of nitrogens with two attached hydrogens (primary N) is 1. The van der Waals surface area contributed by atoms with Crippen LogP contribution in [0.3, 0.4) is 0 Å². The summed E-state index contributed by atoms with van der Waals surface area (Å²) in [6.07, 6.45) is 0. The second-order valence-electron chi connectivity index (χ2n) is 4.35. The van der Waals surface area contributed by atoms with Crippen LogP contribution in [0.25, 0.3) is 0 Å². The van der Waals surface area contributed by atoms with E-state index < -0.39 is 11.6 Å². The maximum absolute atomic E-state index is 13.8. The van der Waals surface area contributed by atoms with Crippen LogP contribution < -0.4 is 10.6 Å². The Hall–Kier alpha value is -1.69. The van der Waals surface area contributed by atoms with Crippen molar-refractivity contribution in [3.8, 4) is 0 Å². The van der Waals surface area contributed by atoms with Gasteiger partial charge in [-0.3, -0.25) is 4.79 Å². The first-order valence-corrected chi connectivity index (χ1v) is 5.70. The molecule has 2 N–H and O–H groups in total. The molecule has 0 bridgehead atoms. The predicted octanol–water partition coefficient (Wildman–Crippen LogP) is 0.702. The number of nitrogens with zero attached hydrogens (tertiary/aromatic N) is 2. The quantitative estimate of drug-likeness (QED) is 0.846. The van der Waals surface area contributed by atoms with Gasteiger partial charge in [-0.05, 0) is 17.7 Å². The van der Waals surface area contributed by atoms with E-state index >= 15 is 0 Å². The normalized spacial score (nSPS) is 16.3. The van der Waals surface area contributed by atoms with E-state index in [1.54, 1.807) is 11.9 Å². The number of benzene rings is 1. The zero-order chi connectivity index (χ0) is 13.3. The topological polar surface area (TPSA) is 49.6 Å². The number of anilines is 1. The molecule has 1 aromatic rings. The zero-order valence-corrected chi connectivity index (χ0v) is 10.1. The largest absolute Gasteiger partial charge is 0.356 e. The molecule has 0 unspecified atom stereocenters. The lowest BCUT2D eigenvalue weighted by molar-refractivity contribution is -0.129. The highest BCUT2D eigenvalue weighted by molar-refractivity contribution is 5.82. The highest BCUT2D eigenvalue weighted by Crippen LogP contribution is 2.26. The number of likely N-dealkylation sites (N-methyl/N-ethyl adjacent to an activating group) is 1. The number of halogens is 2. The highest BCUT2D eigenvalue weighted by atomic mass is 19.1. The molecule has 1 amide bonds. The molecule has 6 heteroatoms. The van der Waals surface area contributed by atoms with Gasteiger partial charge in [-0.1, -0.05) is 0 Å². The highest BCUT2D eigenvalue weighted by Gasteiger charge is 2.25. The number of hydrogen-bond acceptors (Lipinski definition) is 3. The molecule has 0 radical (unpaired) electrons. The maximum Gasteiger partial charge on any atom is 0.241 e. The molecule has 0 aromatic heterocycles. The van der Waals surface area contributed by atoms with Gasteiger partial charge >= 0.3 is 0 Å². The fraction of sp³-hybridized carbons (Fsp3) is 0.417. The molecular formula is C12H15F2N3O. The molecule has 18 heavy (non-hydrogen) atoms. The van der Waals surface area contributed by atoms with Crippen LogP contribution >= 0.6 is 0 Å². The smallest absolute Gasteiger partial charge is 0.241 e. The minimum absolute atomic E-state index is 0.00763. The average Bonchev–Trinajstić information content (AvgIpc) is 2.32. The Morgan fingerprint density at radius 2 is 1.89 bits per heavy atom. The summed E-state index contributed by atoms with van der Waals surface area (Å²) in [5, 5.41) is 0. The molecule has 1 aliphatic heterocycles. The van der Waals surface area contributed by atoms with Crippen molar-refractivity contribution >= 4 is 11.6 Å². The molecule has 0 aliphatic carbocycles. The molecule has 98 valence electrons. The predicted molar refractivity (Wildman–Crippen MR) is 64.1 cm³/mol. The summed E-state index contributed by atoms with van der Waals surface area (Å²) >= 11 is 0. The van der Waals surface area contributed by atoms with Gasteiger partial charge in [-0.25, -0.2) is 8.78 Å². The van der Waals surface area contributed by atoms with Crippen molar-refractivity contribution in [2.24, 2.45) is 5.73 Å². The van der Waals surface area contributed by atoms with Crippen molar-refractivity contribution in [2.45, 2.75) is 6.54 Å². The summed E-state index contributed by atoms with van der Waals surface area (Å²) in [5.41, 5.74) is 5.60. The third kappa shape index (κ3) is 2.28. The molecule has 0 atom stereocenters. The third-order valence-corrected chi connectivity index (χ3v) is 3.09. The van der Waals surface area contributed by atoms with Gasteiger partial charge in [0.25, 0.3) is 0 Å². The summed E-state index contributed by atoms with van der Waals surface area (Å²) in [6.45, 7) is 0.941. The van der Waals surface area contributed by atoms with Crippen LogP contribution in [0.15, 0.2) is 12.1 Å². The summed E-state index contributed by atoms with van der Waals surface area (Å²) in [5.74, 6) is -1.50. The third-order valence-electron chi connectivity index (χ3n) is 3.09. The van der Waals surface area contributed by atoms with Gasteiger partial charge in [0.1, 0.15) is 17.3 Å². The number of hydrogen-bond donors (Lipinski definition) is 1. The lowest BCUT2D eigenvalue weighted by Gasteiger charge is -2.33. The molecule has 0 spiro atoms. The number of piperazine rings is 1. The summed E-state index contributed by atoms with van der Waals surface area (Å²) in [7, 11) is 1.67. The lowest BCUT2D eigenvalue weighted by Crippen LogP contribution is -2.49. The van der Waals surface area contributed by atoms with Gasteiger partial charge in [0.05, 0.1) is 6.54 Å². The van der Waals surface area contributed by atoms with E-state index in [9.17, 15) is 13.6 Å². The van der Waals surface area contributed by atoms with Gasteiger partial charge in [0.2, 0.25) is 5.91 Å². The molecule has 4 nitrogen and oxygen atoms in total. The molecule has 1 saturated heterocycles. The van der Waals surface area contributed by atoms with Crippen LogP contribution in [0.2, 0.25) is 0 Å². The molecule has 2 rings (SSSR count). The van der Waals surface area contributed by atoms with E-state index in [-0.39, 0.29) is 24.7 Å². The van der Waals surface area contributed by atoms with Crippen molar-refractivity contribution in [3.05, 3.63) is 29.3 Å². The Morgan fingerprint density at radius 1 is 1.28 bits per heavy atom. The number of amides is 1. The van der Waals surface area contributed by atoms with Gasteiger partial charge in [0, 0.05) is 26.7 Å². The van der Waals surface area contributed by atoms with Crippen molar-refractivity contribution in [1.82, 2.24) is 4.90 Å². The van der Waals surface area contributed by atoms with Crippen molar-refractivity contribution in [3.63, 3.8) is 0 Å². The lowest BCUT2D eigenvalue weighted by atomic mass is 10.1. The molecule has 1 heterocycles. The van der Waals surface area contributed by atoms with Gasteiger partial charge in [-0.2, -0.15) is 0 Å². The zero-order valence-electron chi connectivity index (χ0n) is 10.1. The minimum atomic E-state index is -0.673. The molecule has 1 aromatic carbocycles. The maximum atomic E-state index is 13.8. The monoisotopic (exact) mass is 255 g/mol. The number of carbonyl (C=O) groups excluding carboxylic acids is 1. The van der Waals surface area contributed by atoms with Crippen molar-refractivity contribution in [1.29, 1.82) is 0 Å². The Bertz CT molecular complexity index is 455. The van der Waals surface area contributed by atoms with Crippen LogP contribution in [-0.4, -0.2) is 37.5 Å². The molecule has 1 aliphatic rings. The van der Waals surface area contributed by atoms with Gasteiger partial charge in [0.15, 0.2) is 0 Å².